The van der Waals surface area contributed by atoms with Gasteiger partial charge in [0.1, 0.15) is 6.04 Å². The Hall–Kier alpha value is -1.74. The van der Waals surface area contributed by atoms with Gasteiger partial charge in [-0.2, -0.15) is 0 Å². The molecule has 1 aliphatic rings. The van der Waals surface area contributed by atoms with E-state index in [-0.39, 0.29) is 18.4 Å². The van der Waals surface area contributed by atoms with Gasteiger partial charge >= 0.3 is 12.0 Å². The largest absolute Gasteiger partial charge is 0.480 e. The number of carbonyl (C=O) groups excluding carboxylic acids is 1. The summed E-state index contributed by atoms with van der Waals surface area (Å²) in [5.74, 6) is 1.35. The van der Waals surface area contributed by atoms with Crippen molar-refractivity contribution in [3.63, 3.8) is 0 Å². The minimum absolute atomic E-state index is 0.0446. The number of terminal acetylenes is 1. The molecule has 1 atom stereocenters. The minimum Gasteiger partial charge on any atom is -0.480 e. The summed E-state index contributed by atoms with van der Waals surface area (Å²) in [6, 6.07) is -1.52. The van der Waals surface area contributed by atoms with Crippen molar-refractivity contribution >= 4 is 12.0 Å². The van der Waals surface area contributed by atoms with Crippen LogP contribution in [0.3, 0.4) is 0 Å². The van der Waals surface area contributed by atoms with Gasteiger partial charge in [-0.3, -0.25) is 0 Å². The van der Waals surface area contributed by atoms with Crippen LogP contribution in [0, 0.1) is 18.3 Å². The maximum atomic E-state index is 11.7. The second-order valence-electron chi connectivity index (χ2n) is 4.62. The molecular weight excluding hydrogens is 236 g/mol. The molecule has 100 valence electrons. The van der Waals surface area contributed by atoms with E-state index < -0.39 is 18.0 Å². The molecule has 3 N–H and O–H groups in total. The van der Waals surface area contributed by atoms with Crippen molar-refractivity contribution in [2.45, 2.75) is 31.4 Å². The molecule has 6 nitrogen and oxygen atoms in total. The number of nitrogens with one attached hydrogen (secondary N) is 1. The number of carbonyl (C=O) groups is 2. The molecule has 0 aromatic rings. The molecule has 0 radical (unpaired) electrons. The maximum absolute atomic E-state index is 11.7. The fourth-order valence-corrected chi connectivity index (χ4v) is 1.90. The Morgan fingerprint density at radius 3 is 2.61 bits per heavy atom. The third kappa shape index (κ3) is 3.93. The third-order valence-electron chi connectivity index (χ3n) is 3.01. The number of urea groups is 1. The molecule has 0 aromatic carbocycles. The second kappa shape index (κ2) is 6.26. The van der Waals surface area contributed by atoms with E-state index in [1.165, 1.54) is 4.90 Å². The van der Waals surface area contributed by atoms with Gasteiger partial charge < -0.3 is 20.4 Å². The summed E-state index contributed by atoms with van der Waals surface area (Å²) in [4.78, 5) is 23.9. The van der Waals surface area contributed by atoms with Crippen molar-refractivity contribution in [2.75, 3.05) is 13.6 Å². The van der Waals surface area contributed by atoms with Gasteiger partial charge in [-0.05, 0) is 18.8 Å². The molecule has 2 amide bonds. The van der Waals surface area contributed by atoms with Crippen LogP contribution in [0.2, 0.25) is 0 Å². The first-order valence-electron chi connectivity index (χ1n) is 5.80. The number of carboxylic acids is 1. The summed E-state index contributed by atoms with van der Waals surface area (Å²) in [5.41, 5.74) is 0. The fraction of sp³-hybridized carbons (Fsp3) is 0.667. The molecule has 0 spiro atoms. The monoisotopic (exact) mass is 254 g/mol. The lowest BCUT2D eigenvalue weighted by atomic mass is 9.82. The van der Waals surface area contributed by atoms with Crippen LogP contribution < -0.4 is 5.32 Å². The standard InChI is InChI=1S/C12H18N2O4/c1-3-4-10(11(16)17)13-12(18)14(2)7-8-5-9(15)6-8/h1,8-10,15H,4-7H2,2H3,(H,13,18)(H,16,17). The molecule has 0 bridgehead atoms. The van der Waals surface area contributed by atoms with Gasteiger partial charge in [0.25, 0.3) is 0 Å². The number of hydrogen-bond donors (Lipinski definition) is 3. The fourth-order valence-electron chi connectivity index (χ4n) is 1.90. The summed E-state index contributed by atoms with van der Waals surface area (Å²) in [6.07, 6.45) is 6.10. The molecule has 1 saturated carbocycles. The normalized spacial score (nSPS) is 23.4. The first kappa shape index (κ1) is 14.3. The Morgan fingerprint density at radius 2 is 2.17 bits per heavy atom. The molecule has 1 rings (SSSR count). The Labute approximate surface area is 106 Å². The molecule has 1 fully saturated rings. The van der Waals surface area contributed by atoms with Crippen molar-refractivity contribution in [3.05, 3.63) is 0 Å². The third-order valence-corrected chi connectivity index (χ3v) is 3.01. The molecule has 1 aliphatic carbocycles. The number of carboxylic acid groups (broad SMARTS) is 1. The smallest absolute Gasteiger partial charge is 0.327 e. The van der Waals surface area contributed by atoms with Gasteiger partial charge in [-0.25, -0.2) is 9.59 Å². The van der Waals surface area contributed by atoms with Crippen LogP contribution in [0.1, 0.15) is 19.3 Å². The van der Waals surface area contributed by atoms with Gasteiger partial charge in [-0.15, -0.1) is 12.3 Å². The van der Waals surface area contributed by atoms with Crippen molar-refractivity contribution < 1.29 is 19.8 Å². The highest BCUT2D eigenvalue weighted by Gasteiger charge is 2.29. The highest BCUT2D eigenvalue weighted by Crippen LogP contribution is 2.27. The number of rotatable bonds is 5. The number of hydrogen-bond acceptors (Lipinski definition) is 3. The van der Waals surface area contributed by atoms with Crippen LogP contribution in [0.15, 0.2) is 0 Å². The Bertz CT molecular complexity index is 358. The van der Waals surface area contributed by atoms with Gasteiger partial charge in [0.15, 0.2) is 0 Å². The van der Waals surface area contributed by atoms with E-state index in [0.29, 0.717) is 19.4 Å². The number of aliphatic carboxylic acids is 1. The zero-order valence-corrected chi connectivity index (χ0v) is 10.3. The zero-order chi connectivity index (χ0) is 13.7. The molecule has 0 heterocycles. The van der Waals surface area contributed by atoms with Crippen LogP contribution in [-0.4, -0.2) is 52.9 Å². The summed E-state index contributed by atoms with van der Waals surface area (Å²) in [6.45, 7) is 0.505. The van der Waals surface area contributed by atoms with Crippen LogP contribution >= 0.6 is 0 Å². The average Bonchev–Trinajstić information content (AvgIpc) is 2.25. The zero-order valence-electron chi connectivity index (χ0n) is 10.3. The van der Waals surface area contributed by atoms with Crippen molar-refractivity contribution in [1.29, 1.82) is 0 Å². The van der Waals surface area contributed by atoms with Crippen LogP contribution in [0.4, 0.5) is 4.79 Å². The Kier molecular flexibility index (Phi) is 4.98. The van der Waals surface area contributed by atoms with E-state index in [1.807, 2.05) is 0 Å². The predicted octanol–water partition coefficient (Wildman–Crippen LogP) is -0.125. The number of nitrogens with zero attached hydrogens (tertiary/aromatic N) is 1. The van der Waals surface area contributed by atoms with Crippen molar-refractivity contribution in [2.24, 2.45) is 5.92 Å². The van der Waals surface area contributed by atoms with Crippen molar-refractivity contribution in [3.8, 4) is 12.3 Å². The summed E-state index contributed by atoms with van der Waals surface area (Å²) in [5, 5.41) is 20.4. The quantitative estimate of drug-likeness (QED) is 0.596. The lowest BCUT2D eigenvalue weighted by molar-refractivity contribution is -0.139. The second-order valence-corrected chi connectivity index (χ2v) is 4.62. The molecule has 18 heavy (non-hydrogen) atoms. The summed E-state index contributed by atoms with van der Waals surface area (Å²) < 4.78 is 0. The minimum atomic E-state index is -1.14. The number of aliphatic hydroxyl groups is 1. The van der Waals surface area contributed by atoms with E-state index in [1.54, 1.807) is 7.05 Å². The first-order chi connectivity index (χ1) is 8.43. The molecule has 6 heteroatoms. The molecular formula is C12H18N2O4. The lowest BCUT2D eigenvalue weighted by Gasteiger charge is -2.34. The summed E-state index contributed by atoms with van der Waals surface area (Å²) in [7, 11) is 1.59. The Balaban J connectivity index is 2.38. The highest BCUT2D eigenvalue weighted by molar-refractivity contribution is 5.82. The summed E-state index contributed by atoms with van der Waals surface area (Å²) >= 11 is 0. The van der Waals surface area contributed by atoms with Crippen LogP contribution in [0.5, 0.6) is 0 Å². The SMILES string of the molecule is C#CCC(NC(=O)N(C)CC1CC(O)C1)C(=O)O. The average molecular weight is 254 g/mol. The number of aliphatic hydroxyl groups excluding tert-OH is 1. The molecule has 0 saturated heterocycles. The van der Waals surface area contributed by atoms with E-state index in [9.17, 15) is 9.59 Å². The van der Waals surface area contributed by atoms with E-state index >= 15 is 0 Å². The van der Waals surface area contributed by atoms with Gasteiger partial charge in [0.05, 0.1) is 6.10 Å². The predicted molar refractivity (Wildman–Crippen MR) is 64.8 cm³/mol. The maximum Gasteiger partial charge on any atom is 0.327 e. The van der Waals surface area contributed by atoms with E-state index in [4.69, 9.17) is 16.6 Å². The molecule has 1 unspecified atom stereocenters. The van der Waals surface area contributed by atoms with E-state index in [2.05, 4.69) is 11.2 Å². The van der Waals surface area contributed by atoms with Gasteiger partial charge in [0.2, 0.25) is 0 Å². The highest BCUT2D eigenvalue weighted by atomic mass is 16.4. The number of amides is 2. The van der Waals surface area contributed by atoms with Gasteiger partial charge in [-0.1, -0.05) is 0 Å². The molecule has 0 aliphatic heterocycles. The van der Waals surface area contributed by atoms with Crippen molar-refractivity contribution in [1.82, 2.24) is 10.2 Å². The van der Waals surface area contributed by atoms with Gasteiger partial charge in [0, 0.05) is 20.0 Å². The van der Waals surface area contributed by atoms with Crippen LogP contribution in [-0.2, 0) is 4.79 Å². The molecule has 0 aromatic heterocycles. The van der Waals surface area contributed by atoms with E-state index in [0.717, 1.165) is 0 Å². The van der Waals surface area contributed by atoms with Crippen LogP contribution in [0.25, 0.3) is 0 Å². The topological polar surface area (TPSA) is 89.9 Å². The lowest BCUT2D eigenvalue weighted by Crippen LogP contribution is -2.49. The first-order valence-corrected chi connectivity index (χ1v) is 5.80. The Morgan fingerprint density at radius 1 is 1.56 bits per heavy atom.